The highest BCUT2D eigenvalue weighted by Gasteiger charge is 1.98. The lowest BCUT2D eigenvalue weighted by Crippen LogP contribution is -3.00. The number of aromatic nitrogens is 2. The minimum absolute atomic E-state index is 0. The van der Waals surface area contributed by atoms with Gasteiger partial charge < -0.3 is 34.0 Å². The monoisotopic (exact) mass is 552 g/mol. The molecular weight excluding hydrogens is 524 g/mol. The SMILES string of the molecule is Cc1cc[n+](CCCC#Cc2cccc(C#CCCC[n+]3ccc(C)cc3)c2)cc1.[Br-].[Br-]. The fourth-order valence-corrected chi connectivity index (χ4v) is 3.07. The van der Waals surface area contributed by atoms with Crippen LogP contribution >= 0.6 is 0 Å². The molecule has 4 heteroatoms. The van der Waals surface area contributed by atoms with Crippen LogP contribution < -0.4 is 43.1 Å². The average molecular weight is 554 g/mol. The van der Waals surface area contributed by atoms with E-state index in [-0.39, 0.29) is 34.0 Å². The molecule has 0 aliphatic heterocycles. The van der Waals surface area contributed by atoms with Crippen LogP contribution in [0.5, 0.6) is 0 Å². The number of nitrogens with zero attached hydrogens (tertiary/aromatic N) is 2. The van der Waals surface area contributed by atoms with Crippen molar-refractivity contribution in [2.75, 3.05) is 0 Å². The van der Waals surface area contributed by atoms with Gasteiger partial charge in [0, 0.05) is 61.1 Å². The van der Waals surface area contributed by atoms with Gasteiger partial charge in [-0.25, -0.2) is 9.13 Å². The number of benzene rings is 1. The van der Waals surface area contributed by atoms with E-state index >= 15 is 0 Å². The van der Waals surface area contributed by atoms with Crippen molar-refractivity contribution in [2.24, 2.45) is 0 Å². The molecule has 0 spiro atoms. The molecule has 166 valence electrons. The number of unbranched alkanes of at least 4 members (excludes halogenated alkanes) is 2. The Morgan fingerprint density at radius 1 is 0.625 bits per heavy atom. The largest absolute Gasteiger partial charge is 1.00 e. The van der Waals surface area contributed by atoms with E-state index in [1.54, 1.807) is 0 Å². The Balaban J connectivity index is 0.00000256. The molecule has 0 aliphatic carbocycles. The Kier molecular flexibility index (Phi) is 13.3. The highest BCUT2D eigenvalue weighted by Crippen LogP contribution is 2.03. The molecule has 0 amide bonds. The van der Waals surface area contributed by atoms with E-state index in [2.05, 4.69) is 114 Å². The number of hydrogen-bond acceptors (Lipinski definition) is 0. The third-order valence-electron chi connectivity index (χ3n) is 4.88. The molecule has 0 radical (unpaired) electrons. The first-order chi connectivity index (χ1) is 14.7. The lowest BCUT2D eigenvalue weighted by atomic mass is 10.1. The van der Waals surface area contributed by atoms with Crippen LogP contribution in [0.1, 0.15) is 47.9 Å². The molecule has 0 atom stereocenters. The molecule has 0 saturated carbocycles. The molecule has 2 aromatic heterocycles. The van der Waals surface area contributed by atoms with Gasteiger partial charge in [-0.2, -0.15) is 0 Å². The molecule has 0 unspecified atom stereocenters. The molecular formula is C28H30Br2N2. The first-order valence-electron chi connectivity index (χ1n) is 10.7. The Morgan fingerprint density at radius 2 is 1.03 bits per heavy atom. The van der Waals surface area contributed by atoms with E-state index in [0.29, 0.717) is 0 Å². The smallest absolute Gasteiger partial charge is 0.169 e. The topological polar surface area (TPSA) is 7.76 Å². The molecule has 0 fully saturated rings. The van der Waals surface area contributed by atoms with E-state index in [1.807, 2.05) is 6.07 Å². The predicted molar refractivity (Wildman–Crippen MR) is 121 cm³/mol. The first-order valence-corrected chi connectivity index (χ1v) is 10.7. The summed E-state index contributed by atoms with van der Waals surface area (Å²) in [5, 5.41) is 0. The maximum atomic E-state index is 3.29. The van der Waals surface area contributed by atoms with Gasteiger partial charge in [0.05, 0.1) is 0 Å². The molecule has 1 aromatic carbocycles. The number of rotatable bonds is 6. The quantitative estimate of drug-likeness (QED) is 0.200. The predicted octanol–water partition coefficient (Wildman–Crippen LogP) is -1.45. The van der Waals surface area contributed by atoms with E-state index in [9.17, 15) is 0 Å². The van der Waals surface area contributed by atoms with Crippen LogP contribution in [0, 0.1) is 37.5 Å². The van der Waals surface area contributed by atoms with Crippen LogP contribution in [0.4, 0.5) is 0 Å². The molecule has 0 bridgehead atoms. The van der Waals surface area contributed by atoms with Gasteiger partial charge in [-0.1, -0.05) is 29.7 Å². The molecule has 0 N–H and O–H groups in total. The molecule has 32 heavy (non-hydrogen) atoms. The van der Waals surface area contributed by atoms with Gasteiger partial charge in [0.15, 0.2) is 24.8 Å². The van der Waals surface area contributed by atoms with Gasteiger partial charge >= 0.3 is 0 Å². The van der Waals surface area contributed by atoms with Crippen LogP contribution in [-0.2, 0) is 13.1 Å². The zero-order chi connectivity index (χ0) is 21.0. The van der Waals surface area contributed by atoms with Crippen molar-refractivity contribution in [3.63, 3.8) is 0 Å². The van der Waals surface area contributed by atoms with E-state index in [4.69, 9.17) is 0 Å². The van der Waals surface area contributed by atoms with Gasteiger partial charge in [0.1, 0.15) is 13.1 Å². The maximum Gasteiger partial charge on any atom is 0.169 e. The van der Waals surface area contributed by atoms with E-state index < -0.39 is 0 Å². The van der Waals surface area contributed by atoms with Crippen molar-refractivity contribution in [3.8, 4) is 23.7 Å². The Labute approximate surface area is 214 Å². The minimum atomic E-state index is 0. The summed E-state index contributed by atoms with van der Waals surface area (Å²) in [6.07, 6.45) is 12.4. The van der Waals surface area contributed by atoms with Crippen molar-refractivity contribution >= 4 is 0 Å². The van der Waals surface area contributed by atoms with Gasteiger partial charge in [-0.3, -0.25) is 0 Å². The number of halogens is 2. The normalized spacial score (nSPS) is 9.31. The van der Waals surface area contributed by atoms with Gasteiger partial charge in [0.25, 0.3) is 0 Å². The van der Waals surface area contributed by atoms with E-state index in [0.717, 1.165) is 49.9 Å². The number of pyridine rings is 2. The third kappa shape index (κ3) is 10.3. The second-order valence-electron chi connectivity index (χ2n) is 7.62. The Morgan fingerprint density at radius 3 is 1.44 bits per heavy atom. The fourth-order valence-electron chi connectivity index (χ4n) is 3.07. The van der Waals surface area contributed by atoms with Gasteiger partial charge in [-0.05, 0) is 43.2 Å². The summed E-state index contributed by atoms with van der Waals surface area (Å²) in [4.78, 5) is 0. The summed E-state index contributed by atoms with van der Waals surface area (Å²) >= 11 is 0. The summed E-state index contributed by atoms with van der Waals surface area (Å²) in [5.74, 6) is 13.1. The van der Waals surface area contributed by atoms with Crippen LogP contribution in [0.3, 0.4) is 0 Å². The highest BCUT2D eigenvalue weighted by atomic mass is 79.9. The third-order valence-corrected chi connectivity index (χ3v) is 4.88. The second kappa shape index (κ2) is 15.4. The molecule has 0 aliphatic rings. The zero-order valence-corrected chi connectivity index (χ0v) is 22.0. The minimum Gasteiger partial charge on any atom is -1.00 e. The standard InChI is InChI=1S/C28H30N2.2BrH/c1-25-14-20-29(21-15-25)18-7-3-5-10-27-12-9-13-28(24-27)11-6-4-8-19-30-22-16-26(2)17-23-30;;/h9,12-17,20-24H,3-4,7-8,18-19H2,1-2H3;2*1H/q+2;;/p-2. The zero-order valence-electron chi connectivity index (χ0n) is 18.8. The van der Waals surface area contributed by atoms with Crippen LogP contribution in [0.25, 0.3) is 0 Å². The van der Waals surface area contributed by atoms with Crippen molar-refractivity contribution < 1.29 is 43.1 Å². The van der Waals surface area contributed by atoms with Gasteiger partial charge in [-0.15, -0.1) is 0 Å². The molecule has 2 nitrogen and oxygen atoms in total. The molecule has 3 rings (SSSR count). The van der Waals surface area contributed by atoms with Crippen LogP contribution in [-0.4, -0.2) is 0 Å². The summed E-state index contributed by atoms with van der Waals surface area (Å²) < 4.78 is 4.42. The Bertz CT molecular complexity index is 982. The highest BCUT2D eigenvalue weighted by molar-refractivity contribution is 5.43. The van der Waals surface area contributed by atoms with Crippen molar-refractivity contribution in [3.05, 3.63) is 95.6 Å². The molecule has 2 heterocycles. The first kappa shape index (κ1) is 27.6. The fraction of sp³-hybridized carbons (Fsp3) is 0.286. The van der Waals surface area contributed by atoms with Crippen LogP contribution in [0.15, 0.2) is 73.3 Å². The lowest BCUT2D eigenvalue weighted by molar-refractivity contribution is -0.697. The van der Waals surface area contributed by atoms with Crippen molar-refractivity contribution in [1.29, 1.82) is 0 Å². The molecule has 0 saturated heterocycles. The second-order valence-corrected chi connectivity index (χ2v) is 7.62. The molecule has 3 aromatic rings. The van der Waals surface area contributed by atoms with E-state index in [1.165, 1.54) is 11.1 Å². The summed E-state index contributed by atoms with van der Waals surface area (Å²) in [6.45, 7) is 6.22. The number of aryl methyl sites for hydroxylation is 4. The van der Waals surface area contributed by atoms with Gasteiger partial charge in [0.2, 0.25) is 0 Å². The Hall–Kier alpha value is -2.40. The summed E-state index contributed by atoms with van der Waals surface area (Å²) in [7, 11) is 0. The lowest BCUT2D eigenvalue weighted by Gasteiger charge is -1.95. The maximum absolute atomic E-state index is 3.29. The number of hydrogen-bond donors (Lipinski definition) is 0. The average Bonchev–Trinajstić information content (AvgIpc) is 2.76. The van der Waals surface area contributed by atoms with Crippen LogP contribution in [0.2, 0.25) is 0 Å². The summed E-state index contributed by atoms with van der Waals surface area (Å²) in [5.41, 5.74) is 4.67. The van der Waals surface area contributed by atoms with Crippen molar-refractivity contribution in [1.82, 2.24) is 0 Å². The summed E-state index contributed by atoms with van der Waals surface area (Å²) in [6, 6.07) is 16.8. The van der Waals surface area contributed by atoms with Crippen molar-refractivity contribution in [2.45, 2.75) is 52.6 Å².